The summed E-state index contributed by atoms with van der Waals surface area (Å²) in [7, 11) is 0. The molecular weight excluding hydrogens is 288 g/mol. The molecule has 0 saturated carbocycles. The van der Waals surface area contributed by atoms with E-state index in [2.05, 4.69) is 10.2 Å². The Morgan fingerprint density at radius 3 is 2.57 bits per heavy atom. The van der Waals surface area contributed by atoms with Crippen LogP contribution in [-0.4, -0.2) is 24.0 Å². The van der Waals surface area contributed by atoms with Gasteiger partial charge in [0.2, 0.25) is 0 Å². The molecular formula is C16H19ClN2O2. The number of esters is 1. The number of rotatable bonds is 4. The molecule has 21 heavy (non-hydrogen) atoms. The molecule has 5 heteroatoms. The molecule has 0 saturated heterocycles. The summed E-state index contributed by atoms with van der Waals surface area (Å²) in [5.41, 5.74) is 2.52. The molecule has 1 aromatic carbocycles. The van der Waals surface area contributed by atoms with E-state index >= 15 is 0 Å². The zero-order valence-corrected chi connectivity index (χ0v) is 13.1. The highest BCUT2D eigenvalue weighted by Crippen LogP contribution is 2.28. The van der Waals surface area contributed by atoms with Crippen molar-refractivity contribution >= 4 is 29.0 Å². The number of nitrogens with zero attached hydrogens (tertiary/aromatic N) is 2. The molecule has 0 aliphatic carbocycles. The topological polar surface area (TPSA) is 51.0 Å². The van der Waals surface area contributed by atoms with Gasteiger partial charge in [-0.2, -0.15) is 5.10 Å². The third-order valence-electron chi connectivity index (χ3n) is 3.49. The Kier molecular flexibility index (Phi) is 5.51. The molecule has 1 aliphatic heterocycles. The quantitative estimate of drug-likeness (QED) is 0.790. The van der Waals surface area contributed by atoms with Crippen molar-refractivity contribution in [1.29, 1.82) is 0 Å². The van der Waals surface area contributed by atoms with Gasteiger partial charge < -0.3 is 4.74 Å². The number of halogens is 1. The van der Waals surface area contributed by atoms with Gasteiger partial charge in [0, 0.05) is 17.2 Å². The fraction of sp³-hybridized carbons (Fsp3) is 0.438. The monoisotopic (exact) mass is 306 g/mol. The third kappa shape index (κ3) is 4.14. The number of benzene rings is 1. The first kappa shape index (κ1) is 15.7. The van der Waals surface area contributed by atoms with Crippen LogP contribution in [0.2, 0.25) is 5.02 Å². The maximum absolute atomic E-state index is 11.9. The average molecular weight is 307 g/mol. The standard InChI is InChI=1S/C16H19ClN2O2/c1-3-14-9-12(11-5-7-13(17)8-6-11)10-15(19-18-14)16(20)21-4-2/h5-8,12H,3-4,9-10H2,1-2H3. The van der Waals surface area contributed by atoms with Crippen LogP contribution in [0, 0.1) is 0 Å². The van der Waals surface area contributed by atoms with E-state index < -0.39 is 0 Å². The van der Waals surface area contributed by atoms with Gasteiger partial charge in [0.25, 0.3) is 0 Å². The van der Waals surface area contributed by atoms with Gasteiger partial charge in [0.15, 0.2) is 0 Å². The SMILES string of the molecule is CCOC(=O)C1=NN=C(CC)CC(c2ccc(Cl)cc2)C1. The van der Waals surface area contributed by atoms with E-state index in [1.807, 2.05) is 31.2 Å². The van der Waals surface area contributed by atoms with Crippen molar-refractivity contribution in [3.63, 3.8) is 0 Å². The minimum absolute atomic E-state index is 0.173. The zero-order chi connectivity index (χ0) is 15.2. The number of carbonyl (C=O) groups is 1. The van der Waals surface area contributed by atoms with Crippen LogP contribution in [0.25, 0.3) is 0 Å². The Bertz CT molecular complexity index is 564. The molecule has 1 heterocycles. The van der Waals surface area contributed by atoms with E-state index in [0.29, 0.717) is 23.8 Å². The summed E-state index contributed by atoms with van der Waals surface area (Å²) in [5.74, 6) is -0.204. The van der Waals surface area contributed by atoms with Crippen LogP contribution < -0.4 is 0 Å². The number of hydrogen-bond donors (Lipinski definition) is 0. The van der Waals surface area contributed by atoms with E-state index in [1.54, 1.807) is 6.92 Å². The summed E-state index contributed by atoms with van der Waals surface area (Å²) >= 11 is 5.94. The number of carbonyl (C=O) groups excluding carboxylic acids is 1. The first-order valence-corrected chi connectivity index (χ1v) is 7.56. The highest BCUT2D eigenvalue weighted by atomic mass is 35.5. The molecule has 1 atom stereocenters. The van der Waals surface area contributed by atoms with Crippen molar-refractivity contribution in [3.8, 4) is 0 Å². The molecule has 2 rings (SSSR count). The molecule has 4 nitrogen and oxygen atoms in total. The van der Waals surface area contributed by atoms with Crippen LogP contribution in [0.15, 0.2) is 34.5 Å². The van der Waals surface area contributed by atoms with E-state index in [-0.39, 0.29) is 11.9 Å². The van der Waals surface area contributed by atoms with E-state index in [4.69, 9.17) is 16.3 Å². The molecule has 0 aromatic heterocycles. The molecule has 0 radical (unpaired) electrons. The molecule has 0 fully saturated rings. The van der Waals surface area contributed by atoms with E-state index in [9.17, 15) is 4.79 Å². The lowest BCUT2D eigenvalue weighted by Crippen LogP contribution is -2.19. The number of hydrogen-bond acceptors (Lipinski definition) is 4. The fourth-order valence-electron chi connectivity index (χ4n) is 2.33. The predicted octanol–water partition coefficient (Wildman–Crippen LogP) is 3.99. The van der Waals surface area contributed by atoms with Gasteiger partial charge in [-0.1, -0.05) is 30.7 Å². The van der Waals surface area contributed by atoms with Gasteiger partial charge in [0.05, 0.1) is 6.61 Å². The highest BCUT2D eigenvalue weighted by Gasteiger charge is 2.24. The van der Waals surface area contributed by atoms with Gasteiger partial charge in [-0.05, 0) is 43.4 Å². The van der Waals surface area contributed by atoms with E-state index in [0.717, 1.165) is 24.1 Å². The van der Waals surface area contributed by atoms with Crippen LogP contribution in [-0.2, 0) is 9.53 Å². The first-order valence-electron chi connectivity index (χ1n) is 7.18. The molecule has 0 amide bonds. The lowest BCUT2D eigenvalue weighted by atomic mass is 9.88. The highest BCUT2D eigenvalue weighted by molar-refractivity contribution is 6.36. The lowest BCUT2D eigenvalue weighted by molar-refractivity contribution is -0.135. The van der Waals surface area contributed by atoms with Crippen molar-refractivity contribution in [2.75, 3.05) is 6.61 Å². The lowest BCUT2D eigenvalue weighted by Gasteiger charge is -2.16. The molecule has 1 aliphatic rings. The summed E-state index contributed by atoms with van der Waals surface area (Å²) < 4.78 is 5.05. The fourth-order valence-corrected chi connectivity index (χ4v) is 2.45. The van der Waals surface area contributed by atoms with Crippen molar-refractivity contribution in [1.82, 2.24) is 0 Å². The average Bonchev–Trinajstić information content (AvgIpc) is 2.71. The van der Waals surface area contributed by atoms with Gasteiger partial charge in [0.1, 0.15) is 5.71 Å². The summed E-state index contributed by atoms with van der Waals surface area (Å²) in [4.78, 5) is 11.9. The van der Waals surface area contributed by atoms with Crippen molar-refractivity contribution in [2.24, 2.45) is 10.2 Å². The van der Waals surface area contributed by atoms with Crippen molar-refractivity contribution < 1.29 is 9.53 Å². The Labute approximate surface area is 129 Å². The van der Waals surface area contributed by atoms with Crippen molar-refractivity contribution in [2.45, 2.75) is 39.0 Å². The van der Waals surface area contributed by atoms with E-state index in [1.165, 1.54) is 0 Å². The molecule has 1 aromatic rings. The number of ether oxygens (including phenoxy) is 1. The maximum atomic E-state index is 11.9. The van der Waals surface area contributed by atoms with Gasteiger partial charge in [-0.15, -0.1) is 5.10 Å². The normalized spacial score (nSPS) is 18.5. The van der Waals surface area contributed by atoms with Crippen molar-refractivity contribution in [3.05, 3.63) is 34.9 Å². The third-order valence-corrected chi connectivity index (χ3v) is 3.75. The maximum Gasteiger partial charge on any atom is 0.354 e. The molecule has 0 N–H and O–H groups in total. The Hall–Kier alpha value is -1.68. The van der Waals surface area contributed by atoms with Gasteiger partial charge in [-0.25, -0.2) is 4.79 Å². The summed E-state index contributed by atoms with van der Waals surface area (Å²) in [6.07, 6.45) is 2.15. The van der Waals surface area contributed by atoms with Crippen LogP contribution in [0.5, 0.6) is 0 Å². The summed E-state index contributed by atoms with van der Waals surface area (Å²) in [6.45, 7) is 4.17. The summed E-state index contributed by atoms with van der Waals surface area (Å²) in [5, 5.41) is 8.99. The second kappa shape index (κ2) is 7.36. The van der Waals surface area contributed by atoms with Crippen LogP contribution in [0.1, 0.15) is 44.6 Å². The Morgan fingerprint density at radius 1 is 1.24 bits per heavy atom. The Morgan fingerprint density at radius 2 is 1.95 bits per heavy atom. The second-order valence-corrected chi connectivity index (χ2v) is 5.38. The smallest absolute Gasteiger partial charge is 0.354 e. The Balaban J connectivity index is 2.26. The molecule has 112 valence electrons. The van der Waals surface area contributed by atoms with Gasteiger partial charge in [-0.3, -0.25) is 0 Å². The molecule has 0 spiro atoms. The molecule has 1 unspecified atom stereocenters. The van der Waals surface area contributed by atoms with Crippen LogP contribution in [0.3, 0.4) is 0 Å². The zero-order valence-electron chi connectivity index (χ0n) is 12.3. The second-order valence-electron chi connectivity index (χ2n) is 4.94. The first-order chi connectivity index (χ1) is 10.1. The predicted molar refractivity (Wildman–Crippen MR) is 85.2 cm³/mol. The largest absolute Gasteiger partial charge is 0.461 e. The minimum atomic E-state index is -0.377. The molecule has 0 bridgehead atoms. The summed E-state index contributed by atoms with van der Waals surface area (Å²) in [6, 6.07) is 7.72. The van der Waals surface area contributed by atoms with Crippen LogP contribution >= 0.6 is 11.6 Å². The van der Waals surface area contributed by atoms with Gasteiger partial charge >= 0.3 is 5.97 Å². The van der Waals surface area contributed by atoms with Crippen LogP contribution in [0.4, 0.5) is 0 Å². The minimum Gasteiger partial charge on any atom is -0.461 e.